The van der Waals surface area contributed by atoms with Gasteiger partial charge in [0.1, 0.15) is 29.3 Å². The first-order chi connectivity index (χ1) is 17.7. The number of halogens is 2. The van der Waals surface area contributed by atoms with Gasteiger partial charge in [0, 0.05) is 12.8 Å². The van der Waals surface area contributed by atoms with Crippen molar-refractivity contribution in [1.82, 2.24) is 14.5 Å². The number of Topliss-reactive ketones (excluding diaryl/α,β-unsaturated/α-hetero) is 1. The number of hydrogen-bond donors (Lipinski definition) is 0. The van der Waals surface area contributed by atoms with Crippen molar-refractivity contribution in [3.63, 3.8) is 0 Å². The lowest BCUT2D eigenvalue weighted by Gasteiger charge is -2.36. The van der Waals surface area contributed by atoms with Gasteiger partial charge in [-0.3, -0.25) is 4.79 Å². The first-order valence-corrected chi connectivity index (χ1v) is 17.1. The molecular weight excluding hydrogens is 565 g/mol. The zero-order valence-electron chi connectivity index (χ0n) is 22.6. The average molecular weight is 599 g/mol. The Kier molecular flexibility index (Phi) is 7.35. The van der Waals surface area contributed by atoms with Gasteiger partial charge < -0.3 is 23.2 Å². The summed E-state index contributed by atoms with van der Waals surface area (Å²) in [5.74, 6) is -1.05. The zero-order chi connectivity index (χ0) is 27.6. The molecular formula is C26H33Cl2N3O5SSi. The van der Waals surface area contributed by atoms with E-state index in [0.29, 0.717) is 38.4 Å². The Bertz CT molecular complexity index is 1370. The monoisotopic (exact) mass is 597 g/mol. The number of fused-ring (bicyclic) bond motifs is 2. The Morgan fingerprint density at radius 2 is 1.92 bits per heavy atom. The first kappa shape index (κ1) is 28.2. The maximum absolute atomic E-state index is 14.0. The van der Waals surface area contributed by atoms with E-state index in [9.17, 15) is 4.79 Å². The second-order valence-electron chi connectivity index (χ2n) is 11.8. The molecule has 5 heterocycles. The lowest BCUT2D eigenvalue weighted by molar-refractivity contribution is -0.190. The fraction of sp³-hybridized carbons (Fsp3) is 0.577. The average Bonchev–Trinajstić information content (AvgIpc) is 3.54. The number of aromatic nitrogens is 3. The predicted octanol–water partition coefficient (Wildman–Crippen LogP) is 6.66. The number of ether oxygens (including phenoxy) is 3. The topological polar surface area (TPSA) is 84.7 Å². The van der Waals surface area contributed by atoms with Gasteiger partial charge in [0.05, 0.1) is 14.6 Å². The fourth-order valence-electron chi connectivity index (χ4n) is 4.71. The summed E-state index contributed by atoms with van der Waals surface area (Å²) >= 11 is 13.9. The minimum Gasteiger partial charge on any atom is -0.416 e. The number of carbonyl (C=O) groups is 1. The summed E-state index contributed by atoms with van der Waals surface area (Å²) in [6, 6.07) is 3.68. The minimum absolute atomic E-state index is 0.101. The Hall–Kier alpha value is -1.37. The summed E-state index contributed by atoms with van der Waals surface area (Å²) in [4.78, 5) is 23.0. The van der Waals surface area contributed by atoms with E-state index in [0.717, 1.165) is 5.56 Å². The quantitative estimate of drug-likeness (QED) is 0.171. The molecule has 0 spiro atoms. The molecule has 0 radical (unpaired) electrons. The summed E-state index contributed by atoms with van der Waals surface area (Å²) in [5.41, 5.74) is 1.45. The van der Waals surface area contributed by atoms with Crippen molar-refractivity contribution < 1.29 is 23.4 Å². The van der Waals surface area contributed by atoms with Gasteiger partial charge in [-0.2, -0.15) is 0 Å². The molecule has 4 atom stereocenters. The summed E-state index contributed by atoms with van der Waals surface area (Å²) in [6.45, 7) is 15.2. The van der Waals surface area contributed by atoms with E-state index in [-0.39, 0.29) is 10.8 Å². The summed E-state index contributed by atoms with van der Waals surface area (Å²) in [7, 11) is -1.92. The van der Waals surface area contributed by atoms with Crippen molar-refractivity contribution in [3.8, 4) is 0 Å². The zero-order valence-corrected chi connectivity index (χ0v) is 25.9. The van der Waals surface area contributed by atoms with Crippen LogP contribution in [0.4, 0.5) is 0 Å². The molecule has 0 bridgehead atoms. The second-order valence-corrected chi connectivity index (χ2v) is 18.6. The van der Waals surface area contributed by atoms with Gasteiger partial charge in [-0.15, -0.1) is 11.3 Å². The van der Waals surface area contributed by atoms with Crippen LogP contribution in [0.15, 0.2) is 24.7 Å². The van der Waals surface area contributed by atoms with Gasteiger partial charge in [-0.1, -0.05) is 44.0 Å². The number of carbonyl (C=O) groups excluding carboxylic acids is 1. The smallest absolute Gasteiger partial charge is 0.204 e. The maximum atomic E-state index is 14.0. The van der Waals surface area contributed by atoms with Crippen molar-refractivity contribution in [3.05, 3.63) is 44.6 Å². The third-order valence-corrected chi connectivity index (χ3v) is 13.8. The largest absolute Gasteiger partial charge is 0.416 e. The van der Waals surface area contributed by atoms with Crippen molar-refractivity contribution in [1.29, 1.82) is 0 Å². The van der Waals surface area contributed by atoms with Crippen LogP contribution in [0.25, 0.3) is 11.0 Å². The van der Waals surface area contributed by atoms with Crippen LogP contribution in [0.1, 0.15) is 56.1 Å². The molecule has 3 aromatic heterocycles. The van der Waals surface area contributed by atoms with Crippen molar-refractivity contribution in [2.75, 3.05) is 6.61 Å². The van der Waals surface area contributed by atoms with Crippen LogP contribution in [0, 0.1) is 0 Å². The first-order valence-electron chi connectivity index (χ1n) is 12.6. The van der Waals surface area contributed by atoms with Crippen LogP contribution in [0.5, 0.6) is 0 Å². The van der Waals surface area contributed by atoms with Gasteiger partial charge in [0.2, 0.25) is 5.78 Å². The van der Waals surface area contributed by atoms with Crippen LogP contribution in [0.3, 0.4) is 0 Å². The van der Waals surface area contributed by atoms with E-state index in [4.69, 9.17) is 41.8 Å². The van der Waals surface area contributed by atoms with Gasteiger partial charge in [-0.25, -0.2) is 9.97 Å². The van der Waals surface area contributed by atoms with Crippen LogP contribution in [-0.4, -0.2) is 59.3 Å². The van der Waals surface area contributed by atoms with E-state index in [1.807, 2.05) is 36.7 Å². The molecule has 0 amide bonds. The highest BCUT2D eigenvalue weighted by atomic mass is 35.5. The number of nitrogens with zero attached hydrogens (tertiary/aromatic N) is 3. The molecule has 12 heteroatoms. The Morgan fingerprint density at radius 3 is 2.63 bits per heavy atom. The normalized spacial score (nSPS) is 25.3. The second kappa shape index (κ2) is 9.92. The SMILES string of the molecule is CC1(C)O[C@@H]2[C@H](O1)[C@@H](C(=O)c1sc(Cl)cc1CCO[Si](C)(C)C(C)(C)C)O[C@H]2n1ccc2c(Cl)ncnc21. The van der Waals surface area contributed by atoms with Gasteiger partial charge >= 0.3 is 0 Å². The highest BCUT2D eigenvalue weighted by Crippen LogP contribution is 2.46. The summed E-state index contributed by atoms with van der Waals surface area (Å²) in [5, 5.41) is 1.14. The highest BCUT2D eigenvalue weighted by molar-refractivity contribution is 7.18. The molecule has 3 aromatic rings. The van der Waals surface area contributed by atoms with E-state index >= 15 is 0 Å². The predicted molar refractivity (Wildman–Crippen MR) is 151 cm³/mol. The Morgan fingerprint density at radius 1 is 1.21 bits per heavy atom. The van der Waals surface area contributed by atoms with Crippen LogP contribution in [0.2, 0.25) is 27.6 Å². The van der Waals surface area contributed by atoms with Crippen molar-refractivity contribution in [2.45, 2.75) is 89.5 Å². The molecule has 0 N–H and O–H groups in total. The number of hydrogen-bond acceptors (Lipinski definition) is 8. The molecule has 0 saturated carbocycles. The lowest BCUT2D eigenvalue weighted by atomic mass is 10.0. The minimum atomic E-state index is -1.92. The van der Waals surface area contributed by atoms with Gasteiger partial charge in [0.25, 0.3) is 0 Å². The molecule has 38 heavy (non-hydrogen) atoms. The molecule has 2 aliphatic rings. The third-order valence-electron chi connectivity index (χ3n) is 7.67. The van der Waals surface area contributed by atoms with E-state index in [1.165, 1.54) is 17.7 Å². The van der Waals surface area contributed by atoms with Crippen LogP contribution in [-0.2, 0) is 25.1 Å². The molecule has 5 rings (SSSR count). The number of rotatable bonds is 7. The number of ketones is 1. The Labute approximate surface area is 237 Å². The van der Waals surface area contributed by atoms with Crippen molar-refractivity contribution >= 4 is 59.7 Å². The van der Waals surface area contributed by atoms with E-state index < -0.39 is 38.6 Å². The summed E-state index contributed by atoms with van der Waals surface area (Å²) in [6.07, 6.45) is 1.16. The van der Waals surface area contributed by atoms with E-state index in [2.05, 4.69) is 43.8 Å². The standard InChI is InChI=1S/C26H33Cl2N3O5SSi/c1-25(2,3)38(6,7)33-11-9-14-12-16(27)37-21(14)17(32)18-19-20(36-26(4,5)35-19)24(34-18)31-10-8-15-22(28)29-13-30-23(15)31/h8,10,12-13,18-20,24H,9,11H2,1-7H3/t18-,19-,20-,24-/m1/s1. The van der Waals surface area contributed by atoms with E-state index in [1.54, 1.807) is 0 Å². The summed E-state index contributed by atoms with van der Waals surface area (Å²) < 4.78 is 27.6. The lowest BCUT2D eigenvalue weighted by Crippen LogP contribution is -2.41. The van der Waals surface area contributed by atoms with Crippen LogP contribution >= 0.6 is 34.5 Å². The van der Waals surface area contributed by atoms with Crippen molar-refractivity contribution in [2.24, 2.45) is 0 Å². The molecule has 8 nitrogen and oxygen atoms in total. The maximum Gasteiger partial charge on any atom is 0.204 e. The van der Waals surface area contributed by atoms with Crippen LogP contribution < -0.4 is 0 Å². The fourth-order valence-corrected chi connectivity index (χ4v) is 7.21. The molecule has 2 fully saturated rings. The molecule has 2 aliphatic heterocycles. The molecule has 0 aromatic carbocycles. The molecule has 0 unspecified atom stereocenters. The molecule has 206 valence electrons. The molecule has 0 aliphatic carbocycles. The van der Waals surface area contributed by atoms with Gasteiger partial charge in [0.15, 0.2) is 26.4 Å². The number of thiophene rings is 1. The molecule has 2 saturated heterocycles. The van der Waals surface area contributed by atoms with Gasteiger partial charge in [-0.05, 0) is 56.1 Å². The third kappa shape index (κ3) is 5.10. The highest BCUT2D eigenvalue weighted by Gasteiger charge is 2.58. The Balaban J connectivity index is 1.41.